The molecule has 2 unspecified atom stereocenters. The molecule has 1 aliphatic heterocycles. The van der Waals surface area contributed by atoms with E-state index in [-0.39, 0.29) is 31.4 Å². The first-order valence-electron chi connectivity index (χ1n) is 5.57. The lowest BCUT2D eigenvalue weighted by atomic mass is 10.1. The predicted molar refractivity (Wildman–Crippen MR) is 58.5 cm³/mol. The largest absolute Gasteiger partial charge is 0.480 e. The van der Waals surface area contributed by atoms with E-state index in [1.807, 2.05) is 0 Å². The Morgan fingerprint density at radius 2 is 2.29 bits per heavy atom. The number of aliphatic carboxylic acids is 1. The van der Waals surface area contributed by atoms with Crippen LogP contribution in [0.4, 0.5) is 0 Å². The maximum Gasteiger partial charge on any atom is 0.326 e. The van der Waals surface area contributed by atoms with Gasteiger partial charge in [0.2, 0.25) is 5.91 Å². The molecule has 1 amide bonds. The van der Waals surface area contributed by atoms with E-state index in [9.17, 15) is 9.59 Å². The van der Waals surface area contributed by atoms with Crippen LogP contribution in [0.1, 0.15) is 12.8 Å². The number of aliphatic hydroxyl groups excluding tert-OH is 1. The maximum absolute atomic E-state index is 11.5. The van der Waals surface area contributed by atoms with Gasteiger partial charge in [0.25, 0.3) is 0 Å². The fourth-order valence-corrected chi connectivity index (χ4v) is 1.61. The lowest BCUT2D eigenvalue weighted by Crippen LogP contribution is -2.47. The topological polar surface area (TPSA) is 108 Å². The molecule has 7 nitrogen and oxygen atoms in total. The Bertz CT molecular complexity index is 265. The minimum Gasteiger partial charge on any atom is -0.480 e. The van der Waals surface area contributed by atoms with Crippen LogP contribution in [0.15, 0.2) is 0 Å². The molecular formula is C10H18N2O5. The quantitative estimate of drug-likeness (QED) is 0.446. The predicted octanol–water partition coefficient (Wildman–Crippen LogP) is -1.68. The van der Waals surface area contributed by atoms with Gasteiger partial charge in [-0.2, -0.15) is 0 Å². The monoisotopic (exact) mass is 246 g/mol. The van der Waals surface area contributed by atoms with Crippen LogP contribution < -0.4 is 10.6 Å². The molecule has 0 aromatic rings. The highest BCUT2D eigenvalue weighted by Crippen LogP contribution is 2.00. The summed E-state index contributed by atoms with van der Waals surface area (Å²) in [6.45, 7) is 1.49. The third-order valence-corrected chi connectivity index (χ3v) is 2.48. The van der Waals surface area contributed by atoms with Crippen molar-refractivity contribution in [3.8, 4) is 0 Å². The third-order valence-electron chi connectivity index (χ3n) is 2.48. The number of carbonyl (C=O) groups excluding carboxylic acids is 1. The number of morpholine rings is 1. The van der Waals surface area contributed by atoms with Gasteiger partial charge in [-0.25, -0.2) is 4.79 Å². The van der Waals surface area contributed by atoms with Crippen LogP contribution >= 0.6 is 0 Å². The summed E-state index contributed by atoms with van der Waals surface area (Å²) >= 11 is 0. The molecule has 17 heavy (non-hydrogen) atoms. The Morgan fingerprint density at radius 3 is 2.82 bits per heavy atom. The molecule has 1 saturated heterocycles. The highest BCUT2D eigenvalue weighted by Gasteiger charge is 2.22. The summed E-state index contributed by atoms with van der Waals surface area (Å²) in [5.74, 6) is -1.49. The summed E-state index contributed by atoms with van der Waals surface area (Å²) in [4.78, 5) is 22.3. The van der Waals surface area contributed by atoms with Crippen molar-refractivity contribution in [2.75, 3.05) is 26.4 Å². The van der Waals surface area contributed by atoms with E-state index in [0.29, 0.717) is 19.8 Å². The third kappa shape index (κ3) is 5.12. The van der Waals surface area contributed by atoms with E-state index >= 15 is 0 Å². The van der Waals surface area contributed by atoms with Crippen LogP contribution in [0.5, 0.6) is 0 Å². The number of hydrogen-bond acceptors (Lipinski definition) is 5. The molecule has 1 fully saturated rings. The van der Waals surface area contributed by atoms with Gasteiger partial charge in [0.15, 0.2) is 0 Å². The molecule has 4 N–H and O–H groups in total. The van der Waals surface area contributed by atoms with Crippen LogP contribution in [-0.2, 0) is 14.3 Å². The fourth-order valence-electron chi connectivity index (χ4n) is 1.61. The van der Waals surface area contributed by atoms with Gasteiger partial charge >= 0.3 is 5.97 Å². The summed E-state index contributed by atoms with van der Waals surface area (Å²) in [6.07, 6.45) is 0.185. The van der Waals surface area contributed by atoms with Crippen LogP contribution in [0.3, 0.4) is 0 Å². The van der Waals surface area contributed by atoms with Crippen molar-refractivity contribution in [3.05, 3.63) is 0 Å². The van der Waals surface area contributed by atoms with E-state index in [0.717, 1.165) is 0 Å². The average molecular weight is 246 g/mol. The Kier molecular flexibility index (Phi) is 5.88. The molecule has 0 spiro atoms. The summed E-state index contributed by atoms with van der Waals surface area (Å²) in [5, 5.41) is 22.9. The Balaban J connectivity index is 2.33. The number of carboxylic acid groups (broad SMARTS) is 1. The highest BCUT2D eigenvalue weighted by molar-refractivity contribution is 5.83. The van der Waals surface area contributed by atoms with Gasteiger partial charge in [-0.3, -0.25) is 4.79 Å². The summed E-state index contributed by atoms with van der Waals surface area (Å²) in [6, 6.07) is -1.11. The molecule has 0 aromatic heterocycles. The summed E-state index contributed by atoms with van der Waals surface area (Å²) in [7, 11) is 0. The number of amides is 1. The van der Waals surface area contributed by atoms with E-state index < -0.39 is 12.0 Å². The van der Waals surface area contributed by atoms with Crippen LogP contribution in [0.2, 0.25) is 0 Å². The zero-order valence-electron chi connectivity index (χ0n) is 9.52. The number of ether oxygens (including phenoxy) is 1. The standard InChI is InChI=1S/C10H18N2O5/c13-3-1-8(10(15)16)12-9(14)5-7-6-17-4-2-11-7/h7-8,11,13H,1-6H2,(H,12,14)(H,15,16). The number of rotatable bonds is 6. The average Bonchev–Trinajstić information content (AvgIpc) is 2.29. The number of carbonyl (C=O) groups is 2. The molecular weight excluding hydrogens is 228 g/mol. The van der Waals surface area contributed by atoms with Gasteiger partial charge < -0.3 is 25.6 Å². The van der Waals surface area contributed by atoms with Crippen molar-refractivity contribution in [2.24, 2.45) is 0 Å². The SMILES string of the molecule is O=C(CC1COCCN1)NC(CCO)C(=O)O. The van der Waals surface area contributed by atoms with Crippen molar-refractivity contribution in [3.63, 3.8) is 0 Å². The highest BCUT2D eigenvalue weighted by atomic mass is 16.5. The van der Waals surface area contributed by atoms with E-state index in [1.165, 1.54) is 0 Å². The van der Waals surface area contributed by atoms with Crippen LogP contribution in [0.25, 0.3) is 0 Å². The molecule has 0 bridgehead atoms. The zero-order valence-corrected chi connectivity index (χ0v) is 9.52. The van der Waals surface area contributed by atoms with Crippen molar-refractivity contribution >= 4 is 11.9 Å². The summed E-state index contributed by atoms with van der Waals surface area (Å²) < 4.78 is 5.18. The number of nitrogens with one attached hydrogen (secondary N) is 2. The fraction of sp³-hybridized carbons (Fsp3) is 0.800. The molecule has 0 radical (unpaired) electrons. The number of carboxylic acids is 1. The Morgan fingerprint density at radius 1 is 1.53 bits per heavy atom. The van der Waals surface area contributed by atoms with Crippen LogP contribution in [-0.4, -0.2) is 60.5 Å². The second kappa shape index (κ2) is 7.21. The van der Waals surface area contributed by atoms with Crippen molar-refractivity contribution in [1.29, 1.82) is 0 Å². The second-order valence-electron chi connectivity index (χ2n) is 3.90. The zero-order chi connectivity index (χ0) is 12.7. The first kappa shape index (κ1) is 13.9. The van der Waals surface area contributed by atoms with Crippen molar-refractivity contribution in [2.45, 2.75) is 24.9 Å². The van der Waals surface area contributed by atoms with Gasteiger partial charge in [0.05, 0.1) is 13.2 Å². The first-order valence-corrected chi connectivity index (χ1v) is 5.57. The summed E-state index contributed by atoms with van der Waals surface area (Å²) in [5.41, 5.74) is 0. The van der Waals surface area contributed by atoms with Gasteiger partial charge in [-0.15, -0.1) is 0 Å². The molecule has 0 aromatic carbocycles. The molecule has 1 aliphatic rings. The molecule has 1 rings (SSSR count). The first-order chi connectivity index (χ1) is 8.13. The van der Waals surface area contributed by atoms with E-state index in [2.05, 4.69) is 10.6 Å². The minimum atomic E-state index is -1.14. The van der Waals surface area contributed by atoms with Crippen molar-refractivity contribution in [1.82, 2.24) is 10.6 Å². The van der Waals surface area contributed by atoms with Gasteiger partial charge in [0, 0.05) is 32.0 Å². The lowest BCUT2D eigenvalue weighted by Gasteiger charge is -2.24. The van der Waals surface area contributed by atoms with Gasteiger partial charge in [0.1, 0.15) is 6.04 Å². The smallest absolute Gasteiger partial charge is 0.326 e. The molecule has 2 atom stereocenters. The van der Waals surface area contributed by atoms with E-state index in [4.69, 9.17) is 14.9 Å². The molecule has 0 saturated carbocycles. The normalized spacial score (nSPS) is 21.8. The molecule has 1 heterocycles. The van der Waals surface area contributed by atoms with Crippen LogP contribution in [0, 0.1) is 0 Å². The maximum atomic E-state index is 11.5. The lowest BCUT2D eigenvalue weighted by molar-refractivity contribution is -0.142. The van der Waals surface area contributed by atoms with Gasteiger partial charge in [-0.1, -0.05) is 0 Å². The minimum absolute atomic E-state index is 0.00959. The molecule has 0 aliphatic carbocycles. The van der Waals surface area contributed by atoms with Gasteiger partial charge in [-0.05, 0) is 0 Å². The Labute approximate surface area is 99.1 Å². The molecule has 7 heteroatoms. The van der Waals surface area contributed by atoms with E-state index in [1.54, 1.807) is 0 Å². The Hall–Kier alpha value is -1.18. The number of hydrogen-bond donors (Lipinski definition) is 4. The number of aliphatic hydroxyl groups is 1. The second-order valence-corrected chi connectivity index (χ2v) is 3.90. The molecule has 98 valence electrons. The van der Waals surface area contributed by atoms with Crippen molar-refractivity contribution < 1.29 is 24.5 Å².